The average Bonchev–Trinajstić information content (AvgIpc) is 2.85. The summed E-state index contributed by atoms with van der Waals surface area (Å²) in [5.41, 5.74) is 3.94. The minimum absolute atomic E-state index is 0.247. The summed E-state index contributed by atoms with van der Waals surface area (Å²) >= 11 is 0. The number of hydrogen-bond acceptors (Lipinski definition) is 2. The van der Waals surface area contributed by atoms with Crippen LogP contribution in [0.15, 0.2) is 24.3 Å². The Morgan fingerprint density at radius 3 is 3.05 bits per heavy atom. The van der Waals surface area contributed by atoms with Gasteiger partial charge in [0.1, 0.15) is 5.78 Å². The maximum Gasteiger partial charge on any atom is 0.139 e. The van der Waals surface area contributed by atoms with Crippen molar-refractivity contribution in [2.45, 2.75) is 32.2 Å². The molecule has 0 bridgehead atoms. The van der Waals surface area contributed by atoms with Gasteiger partial charge in [0.15, 0.2) is 0 Å². The fraction of sp³-hybridized carbons (Fsp3) is 0.471. The molecule has 2 aliphatic rings. The first-order valence-corrected chi connectivity index (χ1v) is 7.64. The number of H-pyrrole nitrogens is 1. The van der Waals surface area contributed by atoms with Gasteiger partial charge in [0.05, 0.1) is 6.04 Å². The van der Waals surface area contributed by atoms with Crippen LogP contribution in [0.4, 0.5) is 0 Å². The Kier molecular flexibility index (Phi) is 2.71. The maximum absolute atomic E-state index is 12.3. The number of carbonyl (C=O) groups excluding carboxylic acids is 1. The summed E-state index contributed by atoms with van der Waals surface area (Å²) in [6.07, 6.45) is 2.75. The molecular weight excluding hydrogens is 248 g/mol. The summed E-state index contributed by atoms with van der Waals surface area (Å²) in [5, 5.41) is 1.34. The van der Waals surface area contributed by atoms with E-state index in [1.165, 1.54) is 22.2 Å². The van der Waals surface area contributed by atoms with E-state index in [-0.39, 0.29) is 12.0 Å². The molecule has 0 aliphatic carbocycles. The summed E-state index contributed by atoms with van der Waals surface area (Å²) in [7, 11) is 0. The minimum Gasteiger partial charge on any atom is -0.357 e. The van der Waals surface area contributed by atoms with E-state index >= 15 is 0 Å². The molecule has 3 heteroatoms. The van der Waals surface area contributed by atoms with Gasteiger partial charge in [0, 0.05) is 42.0 Å². The van der Waals surface area contributed by atoms with Gasteiger partial charge in [0.25, 0.3) is 0 Å². The zero-order valence-electron chi connectivity index (χ0n) is 11.9. The van der Waals surface area contributed by atoms with Gasteiger partial charge in [0.2, 0.25) is 0 Å². The van der Waals surface area contributed by atoms with Crippen molar-refractivity contribution in [2.24, 2.45) is 5.92 Å². The Balaban J connectivity index is 1.78. The number of fused-ring (bicyclic) bond motifs is 5. The smallest absolute Gasteiger partial charge is 0.139 e. The number of Topliss-reactive ketones (excluding diaryl/α,β-unsaturated/α-hetero) is 1. The zero-order chi connectivity index (χ0) is 13.7. The van der Waals surface area contributed by atoms with Crippen LogP contribution in [0.2, 0.25) is 0 Å². The predicted octanol–water partition coefficient (Wildman–Crippen LogP) is 3.07. The Hall–Kier alpha value is -1.61. The van der Waals surface area contributed by atoms with Crippen LogP contribution in [-0.4, -0.2) is 28.8 Å². The number of aromatic amines is 1. The molecule has 1 aromatic carbocycles. The first-order chi connectivity index (χ1) is 9.78. The van der Waals surface area contributed by atoms with Crippen molar-refractivity contribution in [3.05, 3.63) is 35.5 Å². The zero-order valence-corrected chi connectivity index (χ0v) is 11.9. The van der Waals surface area contributed by atoms with Crippen LogP contribution in [0, 0.1) is 5.92 Å². The normalized spacial score (nSPS) is 26.6. The van der Waals surface area contributed by atoms with E-state index in [1.54, 1.807) is 0 Å². The summed E-state index contributed by atoms with van der Waals surface area (Å²) in [5.74, 6) is 0.692. The van der Waals surface area contributed by atoms with Gasteiger partial charge in [-0.15, -0.1) is 0 Å². The second-order valence-electron chi connectivity index (χ2n) is 6.10. The van der Waals surface area contributed by atoms with E-state index in [2.05, 4.69) is 41.1 Å². The van der Waals surface area contributed by atoms with Crippen molar-refractivity contribution in [1.82, 2.24) is 9.88 Å². The van der Waals surface area contributed by atoms with Crippen molar-refractivity contribution in [3.63, 3.8) is 0 Å². The van der Waals surface area contributed by atoms with Gasteiger partial charge >= 0.3 is 0 Å². The third kappa shape index (κ3) is 1.66. The lowest BCUT2D eigenvalue weighted by atomic mass is 9.84. The lowest BCUT2D eigenvalue weighted by molar-refractivity contribution is -0.128. The van der Waals surface area contributed by atoms with Gasteiger partial charge in [-0.1, -0.05) is 25.1 Å². The molecule has 1 saturated heterocycles. The highest BCUT2D eigenvalue weighted by Gasteiger charge is 2.38. The largest absolute Gasteiger partial charge is 0.357 e. The first kappa shape index (κ1) is 12.2. The number of piperidine rings is 1. The quantitative estimate of drug-likeness (QED) is 0.863. The van der Waals surface area contributed by atoms with E-state index in [0.29, 0.717) is 12.2 Å². The Morgan fingerprint density at radius 1 is 1.35 bits per heavy atom. The summed E-state index contributed by atoms with van der Waals surface area (Å²) in [4.78, 5) is 18.3. The molecule has 4 rings (SSSR count). The highest BCUT2D eigenvalue weighted by molar-refractivity contribution is 5.87. The van der Waals surface area contributed by atoms with Gasteiger partial charge in [-0.25, -0.2) is 0 Å². The van der Waals surface area contributed by atoms with Crippen LogP contribution in [0.3, 0.4) is 0 Å². The molecule has 1 unspecified atom stereocenters. The van der Waals surface area contributed by atoms with Crippen molar-refractivity contribution in [3.8, 4) is 0 Å². The third-order valence-corrected chi connectivity index (χ3v) is 5.07. The van der Waals surface area contributed by atoms with Crippen molar-refractivity contribution >= 4 is 16.7 Å². The van der Waals surface area contributed by atoms with Crippen LogP contribution >= 0.6 is 0 Å². The Morgan fingerprint density at radius 2 is 2.20 bits per heavy atom. The van der Waals surface area contributed by atoms with Crippen LogP contribution in [-0.2, 0) is 11.2 Å². The van der Waals surface area contributed by atoms with E-state index in [9.17, 15) is 4.79 Å². The fourth-order valence-electron chi connectivity index (χ4n) is 3.92. The van der Waals surface area contributed by atoms with Crippen molar-refractivity contribution < 1.29 is 4.79 Å². The molecule has 1 aromatic heterocycles. The van der Waals surface area contributed by atoms with Gasteiger partial charge in [-0.2, -0.15) is 0 Å². The second-order valence-corrected chi connectivity index (χ2v) is 6.10. The predicted molar refractivity (Wildman–Crippen MR) is 79.7 cm³/mol. The first-order valence-electron chi connectivity index (χ1n) is 7.64. The highest BCUT2D eigenvalue weighted by atomic mass is 16.1. The molecule has 20 heavy (non-hydrogen) atoms. The number of nitrogens with one attached hydrogen (secondary N) is 1. The van der Waals surface area contributed by atoms with Crippen LogP contribution in [0.5, 0.6) is 0 Å². The number of nitrogens with zero attached hydrogens (tertiary/aromatic N) is 1. The molecule has 2 atom stereocenters. The fourth-order valence-corrected chi connectivity index (χ4v) is 3.92. The number of hydrogen-bond donors (Lipinski definition) is 1. The lowest BCUT2D eigenvalue weighted by Gasteiger charge is -2.41. The second kappa shape index (κ2) is 4.45. The third-order valence-electron chi connectivity index (χ3n) is 5.07. The van der Waals surface area contributed by atoms with Crippen LogP contribution in [0.25, 0.3) is 10.9 Å². The van der Waals surface area contributed by atoms with Crippen molar-refractivity contribution in [1.29, 1.82) is 0 Å². The molecule has 0 amide bonds. The molecule has 2 aromatic rings. The Bertz CT molecular complexity index is 673. The van der Waals surface area contributed by atoms with Gasteiger partial charge < -0.3 is 4.98 Å². The van der Waals surface area contributed by atoms with E-state index < -0.39 is 0 Å². The van der Waals surface area contributed by atoms with Crippen LogP contribution < -0.4 is 0 Å². The molecule has 3 heterocycles. The summed E-state index contributed by atoms with van der Waals surface area (Å²) in [6, 6.07) is 8.78. The standard InChI is InChI=1S/C17H20N2O/c1-2-11-10-19-8-7-13-12-5-3-4-6-14(12)18-17(13)15(19)9-16(11)20/h3-6,11,15,18H,2,7-10H2,1H3/t11?,15-/m0/s1. The lowest BCUT2D eigenvalue weighted by Crippen LogP contribution is -2.46. The molecule has 3 nitrogen and oxygen atoms in total. The van der Waals surface area contributed by atoms with Crippen LogP contribution in [0.1, 0.15) is 37.1 Å². The summed E-state index contributed by atoms with van der Waals surface area (Å²) < 4.78 is 0. The molecule has 1 N–H and O–H groups in total. The monoisotopic (exact) mass is 268 g/mol. The molecule has 104 valence electrons. The molecule has 1 fully saturated rings. The van der Waals surface area contributed by atoms with Gasteiger partial charge in [-0.3, -0.25) is 9.69 Å². The number of para-hydroxylation sites is 1. The molecule has 0 spiro atoms. The molecule has 2 aliphatic heterocycles. The van der Waals surface area contributed by atoms with Gasteiger partial charge in [-0.05, 0) is 24.5 Å². The van der Waals surface area contributed by atoms with E-state index in [0.717, 1.165) is 25.9 Å². The number of carbonyl (C=O) groups is 1. The maximum atomic E-state index is 12.3. The minimum atomic E-state index is 0.247. The molecule has 0 radical (unpaired) electrons. The average molecular weight is 268 g/mol. The highest BCUT2D eigenvalue weighted by Crippen LogP contribution is 2.39. The number of ketones is 1. The number of rotatable bonds is 1. The topological polar surface area (TPSA) is 36.1 Å². The van der Waals surface area contributed by atoms with E-state index in [4.69, 9.17) is 0 Å². The molecule has 0 saturated carbocycles. The number of benzene rings is 1. The number of aromatic nitrogens is 1. The van der Waals surface area contributed by atoms with E-state index in [1.807, 2.05) is 0 Å². The Labute approximate surface area is 119 Å². The summed E-state index contributed by atoms with van der Waals surface area (Å²) in [6.45, 7) is 4.15. The SMILES string of the molecule is CCC1CN2CCc3c([nH]c4ccccc34)[C@@H]2CC1=O. The van der Waals surface area contributed by atoms with Crippen molar-refractivity contribution in [2.75, 3.05) is 13.1 Å². The molecular formula is C17H20N2O.